The second kappa shape index (κ2) is 11.0. The highest BCUT2D eigenvalue weighted by Crippen LogP contribution is 2.31. The van der Waals surface area contributed by atoms with E-state index in [0.29, 0.717) is 12.8 Å². The molecule has 0 aromatic heterocycles. The Hall–Kier alpha value is -1.61. The minimum absolute atomic E-state index is 0.00953. The molecule has 9 heteroatoms. The fourth-order valence-electron chi connectivity index (χ4n) is 4.73. The number of sulfonamides is 1. The molecule has 32 heavy (non-hydrogen) atoms. The summed E-state index contributed by atoms with van der Waals surface area (Å²) in [6.45, 7) is 0.0958. The van der Waals surface area contributed by atoms with Crippen molar-refractivity contribution in [2.24, 2.45) is 0 Å². The normalized spacial score (nSPS) is 20.8. The van der Waals surface area contributed by atoms with Crippen LogP contribution in [-0.2, 0) is 14.8 Å². The number of amides is 1. The Morgan fingerprint density at radius 3 is 1.84 bits per heavy atom. The smallest absolute Gasteiger partial charge is 0.335 e. The van der Waals surface area contributed by atoms with Gasteiger partial charge in [0.1, 0.15) is 0 Å². The Kier molecular flexibility index (Phi) is 8.61. The van der Waals surface area contributed by atoms with E-state index < -0.39 is 22.1 Å². The summed E-state index contributed by atoms with van der Waals surface area (Å²) in [5.41, 5.74) is 0.891. The van der Waals surface area contributed by atoms with Gasteiger partial charge in [-0.2, -0.15) is 13.2 Å². The quantitative estimate of drug-likeness (QED) is 0.658. The molecule has 5 nitrogen and oxygen atoms in total. The monoisotopic (exact) mass is 474 g/mol. The summed E-state index contributed by atoms with van der Waals surface area (Å²) < 4.78 is 66.5. The maximum Gasteiger partial charge on any atom is 0.471 e. The van der Waals surface area contributed by atoms with Crippen molar-refractivity contribution < 1.29 is 26.4 Å². The van der Waals surface area contributed by atoms with E-state index >= 15 is 0 Å². The number of carbonyl (C=O) groups excluding carboxylic acids is 1. The van der Waals surface area contributed by atoms with E-state index in [1.165, 1.54) is 19.3 Å². The fourth-order valence-corrected chi connectivity index (χ4v) is 6.03. The zero-order chi connectivity index (χ0) is 23.2. The predicted molar refractivity (Wildman–Crippen MR) is 117 cm³/mol. The summed E-state index contributed by atoms with van der Waals surface area (Å²) in [6.07, 6.45) is 5.74. The van der Waals surface area contributed by atoms with Crippen LogP contribution in [0.3, 0.4) is 0 Å². The average molecular weight is 475 g/mol. The summed E-state index contributed by atoms with van der Waals surface area (Å²) in [4.78, 5) is 12.4. The van der Waals surface area contributed by atoms with Crippen molar-refractivity contribution >= 4 is 15.9 Å². The zero-order valence-corrected chi connectivity index (χ0v) is 19.2. The van der Waals surface area contributed by atoms with E-state index in [4.69, 9.17) is 0 Å². The summed E-state index contributed by atoms with van der Waals surface area (Å²) >= 11 is 0. The van der Waals surface area contributed by atoms with Gasteiger partial charge in [0.2, 0.25) is 10.0 Å². The molecule has 0 spiro atoms. The van der Waals surface area contributed by atoms with Gasteiger partial charge in [0, 0.05) is 19.1 Å². The number of hydrogen-bond donors (Lipinski definition) is 1. The van der Waals surface area contributed by atoms with Crippen molar-refractivity contribution in [1.29, 1.82) is 0 Å². The third-order valence-corrected chi connectivity index (χ3v) is 8.15. The summed E-state index contributed by atoms with van der Waals surface area (Å²) in [5.74, 6) is -1.78. The number of benzene rings is 1. The van der Waals surface area contributed by atoms with Crippen molar-refractivity contribution in [3.63, 3.8) is 0 Å². The van der Waals surface area contributed by atoms with Crippen LogP contribution in [0.2, 0.25) is 0 Å². The maximum absolute atomic E-state index is 12.9. The SMILES string of the molecule is O=C(N1CCC(c2ccc(S(=O)(=O)NC3CCCCCCCCC3)cc2)CC1)C(F)(F)F. The topological polar surface area (TPSA) is 66.5 Å². The van der Waals surface area contributed by atoms with Gasteiger partial charge in [-0.3, -0.25) is 4.79 Å². The lowest BCUT2D eigenvalue weighted by Gasteiger charge is -2.32. The second-order valence-electron chi connectivity index (χ2n) is 9.00. The van der Waals surface area contributed by atoms with Gasteiger partial charge in [-0.15, -0.1) is 0 Å². The van der Waals surface area contributed by atoms with Crippen LogP contribution in [0.4, 0.5) is 13.2 Å². The van der Waals surface area contributed by atoms with Crippen LogP contribution in [0, 0.1) is 0 Å². The van der Waals surface area contributed by atoms with E-state index in [2.05, 4.69) is 4.72 Å². The largest absolute Gasteiger partial charge is 0.471 e. The van der Waals surface area contributed by atoms with Gasteiger partial charge in [0.15, 0.2) is 0 Å². The number of rotatable bonds is 4. The van der Waals surface area contributed by atoms with Crippen LogP contribution >= 0.6 is 0 Å². The number of hydrogen-bond acceptors (Lipinski definition) is 3. The van der Waals surface area contributed by atoms with Gasteiger partial charge in [-0.05, 0) is 49.3 Å². The lowest BCUT2D eigenvalue weighted by atomic mass is 9.89. The van der Waals surface area contributed by atoms with Crippen molar-refractivity contribution in [1.82, 2.24) is 9.62 Å². The van der Waals surface area contributed by atoms with E-state index in [-0.39, 0.29) is 29.9 Å². The Balaban J connectivity index is 1.58. The minimum atomic E-state index is -4.84. The van der Waals surface area contributed by atoms with Crippen molar-refractivity contribution in [3.05, 3.63) is 29.8 Å². The molecular formula is C23H33F3N2O3S. The predicted octanol–water partition coefficient (Wildman–Crippen LogP) is 5.13. The first-order valence-electron chi connectivity index (χ1n) is 11.7. The molecule has 0 unspecified atom stereocenters. The molecule has 1 N–H and O–H groups in total. The highest BCUT2D eigenvalue weighted by Gasteiger charge is 2.43. The van der Waals surface area contributed by atoms with Crippen molar-refractivity contribution in [2.75, 3.05) is 13.1 Å². The Bertz CT molecular complexity index is 838. The summed E-state index contributed by atoms with van der Waals surface area (Å²) in [5, 5.41) is 0. The Labute approximate surface area is 188 Å². The number of piperidine rings is 1. The molecule has 1 amide bonds. The van der Waals surface area contributed by atoms with Crippen LogP contribution in [0.5, 0.6) is 0 Å². The van der Waals surface area contributed by atoms with Crippen LogP contribution in [0.25, 0.3) is 0 Å². The highest BCUT2D eigenvalue weighted by atomic mass is 32.2. The minimum Gasteiger partial charge on any atom is -0.335 e. The zero-order valence-electron chi connectivity index (χ0n) is 18.4. The summed E-state index contributed by atoms with van der Waals surface area (Å²) in [7, 11) is -3.62. The van der Waals surface area contributed by atoms with E-state index in [9.17, 15) is 26.4 Å². The van der Waals surface area contributed by atoms with Crippen molar-refractivity contribution in [3.8, 4) is 0 Å². The third-order valence-electron chi connectivity index (χ3n) is 6.61. The average Bonchev–Trinajstić information content (AvgIpc) is 2.77. The number of nitrogens with one attached hydrogen (secondary N) is 1. The van der Waals surface area contributed by atoms with E-state index in [0.717, 1.165) is 49.0 Å². The van der Waals surface area contributed by atoms with Gasteiger partial charge < -0.3 is 4.90 Å². The molecule has 3 rings (SSSR count). The molecule has 1 aliphatic carbocycles. The van der Waals surface area contributed by atoms with E-state index in [1.807, 2.05) is 0 Å². The summed E-state index contributed by atoms with van der Waals surface area (Å²) in [6, 6.07) is 6.59. The first-order valence-corrected chi connectivity index (χ1v) is 13.1. The molecule has 1 heterocycles. The van der Waals surface area contributed by atoms with E-state index in [1.54, 1.807) is 24.3 Å². The molecule has 1 aliphatic heterocycles. The second-order valence-corrected chi connectivity index (χ2v) is 10.7. The number of likely N-dealkylation sites (tertiary alicyclic amines) is 1. The van der Waals surface area contributed by atoms with Gasteiger partial charge in [0.05, 0.1) is 4.90 Å². The molecule has 1 aromatic rings. The molecule has 1 aromatic carbocycles. The van der Waals surface area contributed by atoms with Gasteiger partial charge in [-0.25, -0.2) is 13.1 Å². The molecular weight excluding hydrogens is 441 g/mol. The number of carbonyl (C=O) groups is 1. The molecule has 0 radical (unpaired) electrons. The fraction of sp³-hybridized carbons (Fsp3) is 0.696. The van der Waals surface area contributed by atoms with Crippen LogP contribution in [0.15, 0.2) is 29.2 Å². The molecule has 1 saturated carbocycles. The number of halogens is 3. The van der Waals surface area contributed by atoms with Gasteiger partial charge >= 0.3 is 12.1 Å². The van der Waals surface area contributed by atoms with Crippen LogP contribution < -0.4 is 4.72 Å². The lowest BCUT2D eigenvalue weighted by molar-refractivity contribution is -0.186. The van der Waals surface area contributed by atoms with Gasteiger partial charge in [-0.1, -0.05) is 57.1 Å². The van der Waals surface area contributed by atoms with Crippen LogP contribution in [-0.4, -0.2) is 44.5 Å². The molecule has 2 aliphatic rings. The standard InChI is InChI=1S/C23H33F3N2O3S/c24-23(25,26)22(29)28-16-14-19(15-17-28)18-10-12-21(13-11-18)32(30,31)27-20-8-6-4-2-1-3-5-7-9-20/h10-13,19-20,27H,1-9,14-17H2. The molecule has 180 valence electrons. The first-order chi connectivity index (χ1) is 15.2. The first kappa shape index (κ1) is 25.0. The molecule has 1 saturated heterocycles. The van der Waals surface area contributed by atoms with Gasteiger partial charge in [0.25, 0.3) is 0 Å². The highest BCUT2D eigenvalue weighted by molar-refractivity contribution is 7.89. The Morgan fingerprint density at radius 1 is 0.844 bits per heavy atom. The van der Waals surface area contributed by atoms with Crippen molar-refractivity contribution in [2.45, 2.75) is 93.7 Å². The molecule has 0 bridgehead atoms. The number of alkyl halides is 3. The molecule has 2 fully saturated rings. The van der Waals surface area contributed by atoms with Crippen LogP contribution in [0.1, 0.15) is 82.1 Å². The third kappa shape index (κ3) is 6.94. The molecule has 0 atom stereocenters. The lowest BCUT2D eigenvalue weighted by Crippen LogP contribution is -2.45. The Morgan fingerprint density at radius 2 is 1.34 bits per heavy atom. The number of nitrogens with zero attached hydrogens (tertiary/aromatic N) is 1. The maximum atomic E-state index is 12.9.